The number of fused-ring (bicyclic) bond motifs is 2. The highest BCUT2D eigenvalue weighted by atomic mass is 32.1. The maximum absolute atomic E-state index is 5.65. The molecule has 0 bridgehead atoms. The number of hydrogen-bond acceptors (Lipinski definition) is 4. The number of benzene rings is 1. The van der Waals surface area contributed by atoms with Crippen molar-refractivity contribution < 1.29 is 9.47 Å². The van der Waals surface area contributed by atoms with Gasteiger partial charge >= 0.3 is 0 Å². The summed E-state index contributed by atoms with van der Waals surface area (Å²) < 4.78 is 12.6. The molecule has 18 heavy (non-hydrogen) atoms. The summed E-state index contributed by atoms with van der Waals surface area (Å²) in [4.78, 5) is 1.38. The molecular weight excluding hydrogens is 246 g/mol. The lowest BCUT2D eigenvalue weighted by molar-refractivity contribution is 0.172. The molecule has 3 nitrogen and oxygen atoms in total. The summed E-state index contributed by atoms with van der Waals surface area (Å²) in [5, 5.41) is 4.58. The van der Waals surface area contributed by atoms with Gasteiger partial charge in [0.25, 0.3) is 0 Å². The Morgan fingerprint density at radius 2 is 1.89 bits per heavy atom. The second kappa shape index (κ2) is 4.44. The van der Waals surface area contributed by atoms with Crippen molar-refractivity contribution in [1.29, 1.82) is 0 Å². The summed E-state index contributed by atoms with van der Waals surface area (Å²) in [6, 6.07) is 4.59. The van der Waals surface area contributed by atoms with Crippen molar-refractivity contribution in [3.63, 3.8) is 0 Å². The van der Waals surface area contributed by atoms with E-state index < -0.39 is 0 Å². The van der Waals surface area contributed by atoms with Gasteiger partial charge < -0.3 is 14.8 Å². The first kappa shape index (κ1) is 11.8. The van der Waals surface area contributed by atoms with Gasteiger partial charge in [0.15, 0.2) is 11.5 Å². The minimum absolute atomic E-state index is 0.376. The summed E-state index contributed by atoms with van der Waals surface area (Å²) in [6.45, 7) is 5.65. The third-order valence-corrected chi connectivity index (χ3v) is 4.90. The SMILES string of the molecule is CNC(C)c1sc2cc3c(cc2c1C)OCCO3. The topological polar surface area (TPSA) is 30.5 Å². The first-order valence-electron chi connectivity index (χ1n) is 6.20. The second-order valence-corrected chi connectivity index (χ2v) is 5.68. The Morgan fingerprint density at radius 1 is 1.22 bits per heavy atom. The van der Waals surface area contributed by atoms with Gasteiger partial charge in [-0.1, -0.05) is 0 Å². The molecule has 4 heteroatoms. The lowest BCUT2D eigenvalue weighted by Gasteiger charge is -2.18. The molecule has 1 aromatic carbocycles. The van der Waals surface area contributed by atoms with Gasteiger partial charge in [-0.25, -0.2) is 0 Å². The summed E-state index contributed by atoms with van der Waals surface area (Å²) in [6.07, 6.45) is 0. The Morgan fingerprint density at radius 3 is 2.56 bits per heavy atom. The van der Waals surface area contributed by atoms with Gasteiger partial charge in [-0.05, 0) is 37.9 Å². The van der Waals surface area contributed by atoms with Crippen LogP contribution in [0, 0.1) is 6.92 Å². The third kappa shape index (κ3) is 1.76. The molecule has 96 valence electrons. The van der Waals surface area contributed by atoms with Crippen LogP contribution in [-0.2, 0) is 0 Å². The lowest BCUT2D eigenvalue weighted by atomic mass is 10.1. The van der Waals surface area contributed by atoms with Gasteiger partial charge in [-0.3, -0.25) is 0 Å². The molecule has 3 rings (SSSR count). The first-order chi connectivity index (χ1) is 8.70. The minimum atomic E-state index is 0.376. The van der Waals surface area contributed by atoms with E-state index in [-0.39, 0.29) is 0 Å². The second-order valence-electron chi connectivity index (χ2n) is 4.59. The molecular formula is C14H17NO2S. The highest BCUT2D eigenvalue weighted by molar-refractivity contribution is 7.19. The van der Waals surface area contributed by atoms with Crippen LogP contribution in [0.1, 0.15) is 23.4 Å². The maximum atomic E-state index is 5.65. The van der Waals surface area contributed by atoms with Crippen molar-refractivity contribution in [1.82, 2.24) is 5.32 Å². The first-order valence-corrected chi connectivity index (χ1v) is 7.02. The van der Waals surface area contributed by atoms with E-state index in [0.29, 0.717) is 19.3 Å². The van der Waals surface area contributed by atoms with Crippen molar-refractivity contribution in [3.8, 4) is 11.5 Å². The van der Waals surface area contributed by atoms with Crippen LogP contribution < -0.4 is 14.8 Å². The predicted molar refractivity (Wildman–Crippen MR) is 75.0 cm³/mol. The van der Waals surface area contributed by atoms with Gasteiger partial charge in [0.2, 0.25) is 0 Å². The highest BCUT2D eigenvalue weighted by Gasteiger charge is 2.18. The molecule has 0 aliphatic carbocycles. The van der Waals surface area contributed by atoms with Gasteiger partial charge in [0.05, 0.1) is 0 Å². The summed E-state index contributed by atoms with van der Waals surface area (Å²) in [5.74, 6) is 1.75. The fraction of sp³-hybridized carbons (Fsp3) is 0.429. The van der Waals surface area contributed by atoms with Crippen LogP contribution in [0.3, 0.4) is 0 Å². The zero-order valence-electron chi connectivity index (χ0n) is 10.9. The van der Waals surface area contributed by atoms with Crippen LogP contribution in [-0.4, -0.2) is 20.3 Å². The summed E-state index contributed by atoms with van der Waals surface area (Å²) >= 11 is 1.83. The molecule has 1 unspecified atom stereocenters. The molecule has 1 N–H and O–H groups in total. The van der Waals surface area contributed by atoms with E-state index in [1.165, 1.54) is 20.5 Å². The molecule has 2 aromatic rings. The van der Waals surface area contributed by atoms with Crippen molar-refractivity contribution >= 4 is 21.4 Å². The van der Waals surface area contributed by atoms with E-state index in [0.717, 1.165) is 11.5 Å². The number of hydrogen-bond donors (Lipinski definition) is 1. The summed E-state index contributed by atoms with van der Waals surface area (Å²) in [7, 11) is 1.99. The van der Waals surface area contributed by atoms with E-state index in [1.54, 1.807) is 0 Å². The van der Waals surface area contributed by atoms with Crippen LogP contribution >= 0.6 is 11.3 Å². The van der Waals surface area contributed by atoms with Crippen LogP contribution in [0.2, 0.25) is 0 Å². The number of thiophene rings is 1. The Balaban J connectivity index is 2.18. The molecule has 0 saturated heterocycles. The van der Waals surface area contributed by atoms with Crippen molar-refractivity contribution in [3.05, 3.63) is 22.6 Å². The number of ether oxygens (including phenoxy) is 2. The van der Waals surface area contributed by atoms with Gasteiger partial charge in [0.1, 0.15) is 13.2 Å². The van der Waals surface area contributed by atoms with Crippen molar-refractivity contribution in [2.24, 2.45) is 0 Å². The smallest absolute Gasteiger partial charge is 0.162 e. The maximum Gasteiger partial charge on any atom is 0.162 e. The van der Waals surface area contributed by atoms with Gasteiger partial charge in [-0.15, -0.1) is 11.3 Å². The van der Waals surface area contributed by atoms with Crippen LogP contribution in [0.25, 0.3) is 10.1 Å². The normalized spacial score (nSPS) is 15.9. The zero-order chi connectivity index (χ0) is 12.7. The Labute approximate surface area is 111 Å². The molecule has 1 aliphatic heterocycles. The Hall–Kier alpha value is -1.26. The van der Waals surface area contributed by atoms with Crippen molar-refractivity contribution in [2.45, 2.75) is 19.9 Å². The minimum Gasteiger partial charge on any atom is -0.486 e. The molecule has 0 radical (unpaired) electrons. The quantitative estimate of drug-likeness (QED) is 0.902. The van der Waals surface area contributed by atoms with E-state index in [4.69, 9.17) is 9.47 Å². The number of rotatable bonds is 2. The largest absolute Gasteiger partial charge is 0.486 e. The average Bonchev–Trinajstić information content (AvgIpc) is 2.72. The highest BCUT2D eigenvalue weighted by Crippen LogP contribution is 2.41. The molecule has 1 atom stereocenters. The Kier molecular flexibility index (Phi) is 2.92. The fourth-order valence-electron chi connectivity index (χ4n) is 2.32. The summed E-state index contributed by atoms with van der Waals surface area (Å²) in [5.41, 5.74) is 1.34. The van der Waals surface area contributed by atoms with Crippen molar-refractivity contribution in [2.75, 3.05) is 20.3 Å². The molecule has 1 aliphatic rings. The number of aryl methyl sites for hydroxylation is 1. The van der Waals surface area contributed by atoms with Crippen LogP contribution in [0.5, 0.6) is 11.5 Å². The van der Waals surface area contributed by atoms with E-state index in [1.807, 2.05) is 18.4 Å². The van der Waals surface area contributed by atoms with E-state index >= 15 is 0 Å². The van der Waals surface area contributed by atoms with Crippen LogP contribution in [0.4, 0.5) is 0 Å². The lowest BCUT2D eigenvalue weighted by Crippen LogP contribution is -2.15. The fourth-order valence-corrected chi connectivity index (χ4v) is 3.60. The Bertz CT molecular complexity index is 591. The monoisotopic (exact) mass is 263 g/mol. The molecule has 1 aromatic heterocycles. The molecule has 0 spiro atoms. The number of nitrogens with one attached hydrogen (secondary N) is 1. The third-order valence-electron chi connectivity index (χ3n) is 3.46. The van der Waals surface area contributed by atoms with Gasteiger partial charge in [0, 0.05) is 21.7 Å². The standard InChI is InChI=1S/C14H17NO2S/c1-8-10-6-11-12(17-5-4-16-11)7-13(10)18-14(8)9(2)15-3/h6-7,9,15H,4-5H2,1-3H3. The molecule has 0 fully saturated rings. The van der Waals surface area contributed by atoms with Crippen LogP contribution in [0.15, 0.2) is 12.1 Å². The average molecular weight is 263 g/mol. The molecule has 0 saturated carbocycles. The van der Waals surface area contributed by atoms with E-state index in [9.17, 15) is 0 Å². The predicted octanol–water partition coefficient (Wildman–Crippen LogP) is 3.26. The molecule has 0 amide bonds. The van der Waals surface area contributed by atoms with E-state index in [2.05, 4.69) is 31.3 Å². The molecule has 2 heterocycles. The zero-order valence-corrected chi connectivity index (χ0v) is 11.7. The van der Waals surface area contributed by atoms with Gasteiger partial charge in [-0.2, -0.15) is 0 Å².